The highest BCUT2D eigenvalue weighted by atomic mass is 16.6. The third kappa shape index (κ3) is 4.99. The van der Waals surface area contributed by atoms with Gasteiger partial charge in [0.15, 0.2) is 11.5 Å². The van der Waals surface area contributed by atoms with E-state index in [1.165, 1.54) is 26.7 Å². The zero-order chi connectivity index (χ0) is 32.4. The fourth-order valence-electron chi connectivity index (χ4n) is 9.12. The number of aryl methyl sites for hydroxylation is 1. The van der Waals surface area contributed by atoms with Crippen LogP contribution >= 0.6 is 0 Å². The van der Waals surface area contributed by atoms with Gasteiger partial charge in [-0.3, -0.25) is 19.3 Å². The maximum absolute atomic E-state index is 14.1. The van der Waals surface area contributed by atoms with E-state index >= 15 is 0 Å². The second-order valence-corrected chi connectivity index (χ2v) is 14.5. The van der Waals surface area contributed by atoms with Gasteiger partial charge in [0.1, 0.15) is 11.7 Å². The summed E-state index contributed by atoms with van der Waals surface area (Å²) in [6, 6.07) is 11.4. The van der Waals surface area contributed by atoms with Crippen LogP contribution in [0.2, 0.25) is 0 Å². The average Bonchev–Trinajstić information content (AvgIpc) is 3.74. The predicted molar refractivity (Wildman–Crippen MR) is 172 cm³/mol. The number of rotatable bonds is 7. The maximum atomic E-state index is 14.1. The molecule has 7 rings (SSSR count). The molecule has 5 aliphatic rings. The Bertz CT molecular complexity index is 1650. The smallest absolute Gasteiger partial charge is 0.308 e. The fourth-order valence-corrected chi connectivity index (χ4v) is 9.12. The summed E-state index contributed by atoms with van der Waals surface area (Å²) in [5, 5.41) is 0. The number of benzene rings is 2. The van der Waals surface area contributed by atoms with Crippen molar-refractivity contribution in [2.24, 2.45) is 11.8 Å². The van der Waals surface area contributed by atoms with Crippen molar-refractivity contribution in [1.29, 1.82) is 0 Å². The molecule has 242 valence electrons. The lowest BCUT2D eigenvalue weighted by molar-refractivity contribution is -0.224. The van der Waals surface area contributed by atoms with Gasteiger partial charge in [-0.1, -0.05) is 38.0 Å². The molecule has 2 aromatic rings. The van der Waals surface area contributed by atoms with E-state index in [1.807, 2.05) is 42.2 Å². The monoisotopic (exact) mass is 624 g/mol. The van der Waals surface area contributed by atoms with Crippen molar-refractivity contribution in [2.45, 2.75) is 102 Å². The van der Waals surface area contributed by atoms with E-state index in [2.05, 4.69) is 36.7 Å². The third-order valence-corrected chi connectivity index (χ3v) is 10.8. The molecule has 0 radical (unpaired) electrons. The van der Waals surface area contributed by atoms with Gasteiger partial charge in [-0.2, -0.15) is 0 Å². The highest BCUT2D eigenvalue weighted by molar-refractivity contribution is 5.94. The minimum absolute atomic E-state index is 0.00816. The summed E-state index contributed by atoms with van der Waals surface area (Å²) in [6.45, 7) is 11.5. The molecule has 2 aromatic carbocycles. The van der Waals surface area contributed by atoms with Gasteiger partial charge < -0.3 is 19.1 Å². The van der Waals surface area contributed by atoms with Crippen LogP contribution in [0, 0.1) is 30.6 Å². The molecule has 46 heavy (non-hydrogen) atoms. The molecule has 2 saturated carbocycles. The number of hydrogen-bond donors (Lipinski definition) is 0. The van der Waals surface area contributed by atoms with Crippen molar-refractivity contribution in [1.82, 2.24) is 9.80 Å². The number of hydrogen-bond acceptors (Lipinski definition) is 7. The van der Waals surface area contributed by atoms with E-state index < -0.39 is 23.1 Å². The molecule has 1 saturated heterocycles. The normalized spacial score (nSPS) is 28.8. The molecule has 0 N–H and O–H groups in total. The molecule has 2 bridgehead atoms. The molecular weight excluding hydrogens is 580 g/mol. The summed E-state index contributed by atoms with van der Waals surface area (Å²) < 4.78 is 19.4. The van der Waals surface area contributed by atoms with Gasteiger partial charge in [0, 0.05) is 44.0 Å². The van der Waals surface area contributed by atoms with Gasteiger partial charge >= 0.3 is 11.9 Å². The third-order valence-electron chi connectivity index (χ3n) is 10.8. The molecule has 2 aliphatic heterocycles. The first kappa shape index (κ1) is 30.8. The van der Waals surface area contributed by atoms with Gasteiger partial charge in [0.05, 0.1) is 17.5 Å². The Balaban J connectivity index is 1.36. The maximum Gasteiger partial charge on any atom is 0.308 e. The van der Waals surface area contributed by atoms with Crippen LogP contribution in [0.3, 0.4) is 0 Å². The summed E-state index contributed by atoms with van der Waals surface area (Å²) in [5.74, 6) is 6.90. The van der Waals surface area contributed by atoms with Crippen molar-refractivity contribution in [2.75, 3.05) is 19.6 Å². The number of carbonyl (C=O) groups is 3. The lowest BCUT2D eigenvalue weighted by Crippen LogP contribution is -2.79. The highest BCUT2D eigenvalue weighted by Crippen LogP contribution is 2.67. The average molecular weight is 625 g/mol. The van der Waals surface area contributed by atoms with Crippen LogP contribution in [-0.4, -0.2) is 71.1 Å². The molecule has 8 nitrogen and oxygen atoms in total. The zero-order valence-corrected chi connectivity index (χ0v) is 27.6. The Hall–Kier alpha value is -3.83. The van der Waals surface area contributed by atoms with Crippen molar-refractivity contribution in [3.63, 3.8) is 0 Å². The Labute approximate surface area is 271 Å². The van der Waals surface area contributed by atoms with Crippen molar-refractivity contribution >= 4 is 17.8 Å². The van der Waals surface area contributed by atoms with Gasteiger partial charge in [0.2, 0.25) is 0 Å². The minimum atomic E-state index is -0.833. The Morgan fingerprint density at radius 3 is 2.59 bits per heavy atom. The van der Waals surface area contributed by atoms with Gasteiger partial charge in [-0.05, 0) is 93.2 Å². The number of carbonyl (C=O) groups excluding carboxylic acids is 3. The van der Waals surface area contributed by atoms with Crippen molar-refractivity contribution in [3.05, 3.63) is 58.7 Å². The highest BCUT2D eigenvalue weighted by Gasteiger charge is 2.76. The summed E-state index contributed by atoms with van der Waals surface area (Å²) in [5.41, 5.74) is 2.48. The molecule has 0 aromatic heterocycles. The number of piperidine rings is 1. The molecular formula is C38H44N2O6. The van der Waals surface area contributed by atoms with Gasteiger partial charge in [0.25, 0.3) is 5.91 Å². The lowest BCUT2D eigenvalue weighted by Gasteiger charge is -2.65. The minimum Gasteiger partial charge on any atom is -0.483 e. The van der Waals surface area contributed by atoms with Gasteiger partial charge in [-0.25, -0.2) is 0 Å². The number of ether oxygens (including phenoxy) is 3. The van der Waals surface area contributed by atoms with Gasteiger partial charge in [-0.15, -0.1) is 0 Å². The van der Waals surface area contributed by atoms with E-state index in [0.29, 0.717) is 43.2 Å². The molecule has 8 heteroatoms. The largest absolute Gasteiger partial charge is 0.483 e. The predicted octanol–water partition coefficient (Wildman–Crippen LogP) is 4.96. The molecule has 1 spiro atoms. The van der Waals surface area contributed by atoms with Crippen LogP contribution in [0.1, 0.15) is 82.1 Å². The topological polar surface area (TPSA) is 85.4 Å². The number of nitrogens with zero attached hydrogens (tertiary/aromatic N) is 2. The quantitative estimate of drug-likeness (QED) is 0.245. The SMILES string of the molecule is CC(=O)Oc1ccc2c3c1O[C@H]1[C@H](N(CC(C)C)C(=O)C#Cc4cccc(C)c4)CC[C@@]4(OC(C)=O)[C@@H](C2)N(CC2CC2)CC[C@]314. The van der Waals surface area contributed by atoms with Crippen LogP contribution in [-0.2, 0) is 31.0 Å². The number of amides is 1. The van der Waals surface area contributed by atoms with Crippen LogP contribution in [0.15, 0.2) is 36.4 Å². The van der Waals surface area contributed by atoms with Crippen molar-refractivity contribution < 1.29 is 28.6 Å². The second kappa shape index (κ2) is 11.5. The van der Waals surface area contributed by atoms with Crippen LogP contribution in [0.25, 0.3) is 0 Å². The van der Waals surface area contributed by atoms with E-state index in [1.54, 1.807) is 0 Å². The first-order valence-corrected chi connectivity index (χ1v) is 16.9. The number of likely N-dealkylation sites (tertiary alicyclic amines) is 1. The Kier molecular flexibility index (Phi) is 7.67. The summed E-state index contributed by atoms with van der Waals surface area (Å²) in [7, 11) is 0. The molecule has 5 atom stereocenters. The van der Waals surface area contributed by atoms with E-state index in [9.17, 15) is 14.4 Å². The second-order valence-electron chi connectivity index (χ2n) is 14.5. The molecule has 3 aliphatic carbocycles. The molecule has 1 amide bonds. The summed E-state index contributed by atoms with van der Waals surface area (Å²) >= 11 is 0. The summed E-state index contributed by atoms with van der Waals surface area (Å²) in [4.78, 5) is 43.9. The van der Waals surface area contributed by atoms with Crippen LogP contribution in [0.4, 0.5) is 0 Å². The van der Waals surface area contributed by atoms with Crippen molar-refractivity contribution in [3.8, 4) is 23.3 Å². The van der Waals surface area contributed by atoms with E-state index in [0.717, 1.165) is 41.8 Å². The van der Waals surface area contributed by atoms with E-state index in [-0.39, 0.29) is 29.9 Å². The Morgan fingerprint density at radius 1 is 1.09 bits per heavy atom. The van der Waals surface area contributed by atoms with Crippen LogP contribution < -0.4 is 9.47 Å². The molecule has 0 unspecified atom stereocenters. The van der Waals surface area contributed by atoms with Crippen LogP contribution in [0.5, 0.6) is 11.5 Å². The molecule has 2 heterocycles. The summed E-state index contributed by atoms with van der Waals surface area (Å²) in [6.07, 6.45) is 4.63. The fraction of sp³-hybridized carbons (Fsp3) is 0.553. The first-order chi connectivity index (χ1) is 22.0. The number of esters is 2. The zero-order valence-electron chi connectivity index (χ0n) is 27.6. The first-order valence-electron chi connectivity index (χ1n) is 16.9. The molecule has 3 fully saturated rings. The lowest BCUT2D eigenvalue weighted by atomic mass is 9.48. The Morgan fingerprint density at radius 2 is 1.89 bits per heavy atom. The van der Waals surface area contributed by atoms with E-state index in [4.69, 9.17) is 14.2 Å². The standard InChI is InChI=1S/C38H44N2O6/c1-23(2)21-40(33(43)14-11-27-8-6-7-24(3)19-27)30-15-16-38(46-26(5)42)32-20-29-12-13-31(44-25(4)41)35-34(29)37(38,36(30)45-35)17-18-39(32)22-28-9-10-28/h6-8,12-13,19,23,28,30,32,36H,9-10,15-18,20-22H2,1-5H3/t30-,32-,36+,37+,38-/m1/s1.